The van der Waals surface area contributed by atoms with E-state index in [-0.39, 0.29) is 5.91 Å². The molecule has 0 atom stereocenters. The Labute approximate surface area is 159 Å². The van der Waals surface area contributed by atoms with Gasteiger partial charge in [0.25, 0.3) is 5.91 Å². The monoisotopic (exact) mass is 358 g/mol. The van der Waals surface area contributed by atoms with Gasteiger partial charge < -0.3 is 5.32 Å². The first-order valence-corrected chi connectivity index (χ1v) is 8.75. The third-order valence-corrected chi connectivity index (χ3v) is 3.96. The Hall–Kier alpha value is -3.47. The van der Waals surface area contributed by atoms with Gasteiger partial charge in [-0.1, -0.05) is 29.8 Å². The first-order valence-electron chi connectivity index (χ1n) is 8.75. The summed E-state index contributed by atoms with van der Waals surface area (Å²) in [6.07, 6.45) is 3.45. The van der Waals surface area contributed by atoms with Gasteiger partial charge in [-0.15, -0.1) is 0 Å². The molecule has 0 aliphatic rings. The minimum absolute atomic E-state index is 0.202. The Morgan fingerprint density at radius 3 is 2.37 bits per heavy atom. The van der Waals surface area contributed by atoms with Crippen LogP contribution in [0.15, 0.2) is 78.0 Å². The van der Waals surface area contributed by atoms with E-state index < -0.39 is 0 Å². The van der Waals surface area contributed by atoms with Gasteiger partial charge in [0.1, 0.15) is 0 Å². The summed E-state index contributed by atoms with van der Waals surface area (Å²) in [4.78, 5) is 21.2. The van der Waals surface area contributed by atoms with Gasteiger partial charge in [-0.2, -0.15) is 0 Å². The van der Waals surface area contributed by atoms with E-state index in [4.69, 9.17) is 0 Å². The van der Waals surface area contributed by atoms with Crippen LogP contribution in [0.25, 0.3) is 0 Å². The molecule has 0 aliphatic heterocycles. The topological polar surface area (TPSA) is 66.4 Å². The molecule has 0 bridgehead atoms. The number of hydrogen-bond donors (Lipinski definition) is 2. The number of amides is 1. The molecule has 0 spiro atoms. The van der Waals surface area contributed by atoms with Crippen LogP contribution in [-0.2, 0) is 6.54 Å². The lowest BCUT2D eigenvalue weighted by molar-refractivity contribution is 0.0977. The highest BCUT2D eigenvalue weighted by molar-refractivity contribution is 6.10. The second-order valence-electron chi connectivity index (χ2n) is 6.34. The predicted octanol–water partition coefficient (Wildman–Crippen LogP) is 4.10. The number of pyridine rings is 1. The number of anilines is 1. The van der Waals surface area contributed by atoms with E-state index in [1.54, 1.807) is 18.5 Å². The van der Waals surface area contributed by atoms with Gasteiger partial charge in [0, 0.05) is 23.6 Å². The number of hydrogen-bond acceptors (Lipinski definition) is 3. The molecule has 5 nitrogen and oxygen atoms in total. The van der Waals surface area contributed by atoms with E-state index in [1.165, 1.54) is 0 Å². The number of aromatic nitrogens is 1. The van der Waals surface area contributed by atoms with Crippen LogP contribution in [0.2, 0.25) is 0 Å². The summed E-state index contributed by atoms with van der Waals surface area (Å²) < 4.78 is 0. The fourth-order valence-electron chi connectivity index (χ4n) is 2.59. The summed E-state index contributed by atoms with van der Waals surface area (Å²) >= 11 is 0. The van der Waals surface area contributed by atoms with Crippen LogP contribution < -0.4 is 10.6 Å². The highest BCUT2D eigenvalue weighted by Crippen LogP contribution is 2.10. The lowest BCUT2D eigenvalue weighted by Gasteiger charge is -2.12. The third-order valence-electron chi connectivity index (χ3n) is 3.96. The molecule has 0 saturated heterocycles. The number of benzene rings is 2. The maximum absolute atomic E-state index is 12.6. The van der Waals surface area contributed by atoms with Crippen molar-refractivity contribution in [1.29, 1.82) is 0 Å². The van der Waals surface area contributed by atoms with E-state index >= 15 is 0 Å². The lowest BCUT2D eigenvalue weighted by atomic mass is 10.1. The van der Waals surface area contributed by atoms with E-state index in [2.05, 4.69) is 20.6 Å². The van der Waals surface area contributed by atoms with Crippen molar-refractivity contribution < 1.29 is 4.79 Å². The van der Waals surface area contributed by atoms with Gasteiger partial charge in [0.2, 0.25) is 5.96 Å². The summed E-state index contributed by atoms with van der Waals surface area (Å²) in [6.45, 7) is 4.41. The second-order valence-corrected chi connectivity index (χ2v) is 6.34. The molecule has 5 heteroatoms. The quantitative estimate of drug-likeness (QED) is 0.545. The highest BCUT2D eigenvalue weighted by atomic mass is 16.1. The summed E-state index contributed by atoms with van der Waals surface area (Å²) in [6, 6.07) is 19.2. The van der Waals surface area contributed by atoms with Crippen molar-refractivity contribution in [3.8, 4) is 0 Å². The van der Waals surface area contributed by atoms with Gasteiger partial charge >= 0.3 is 0 Å². The smallest absolute Gasteiger partial charge is 0.257 e. The number of nitrogens with zero attached hydrogens (tertiary/aromatic N) is 2. The SMILES string of the molecule is Cc1cccc(NC(=NCc2ccncc2)NC(=O)c2cccc(C)c2)c1. The van der Waals surface area contributed by atoms with Crippen molar-refractivity contribution in [1.82, 2.24) is 10.3 Å². The average molecular weight is 358 g/mol. The fourth-order valence-corrected chi connectivity index (χ4v) is 2.59. The second kappa shape index (κ2) is 8.76. The lowest BCUT2D eigenvalue weighted by Crippen LogP contribution is -2.36. The van der Waals surface area contributed by atoms with Crippen molar-refractivity contribution in [2.24, 2.45) is 4.99 Å². The molecule has 3 aromatic rings. The minimum atomic E-state index is -0.202. The minimum Gasteiger partial charge on any atom is -0.326 e. The molecule has 3 rings (SSSR count). The Morgan fingerprint density at radius 1 is 0.963 bits per heavy atom. The molecule has 2 N–H and O–H groups in total. The number of nitrogens with one attached hydrogen (secondary N) is 2. The molecular formula is C22H22N4O. The molecule has 0 fully saturated rings. The first kappa shape index (κ1) is 18.3. The molecule has 2 aromatic carbocycles. The normalized spacial score (nSPS) is 11.1. The molecule has 27 heavy (non-hydrogen) atoms. The zero-order valence-corrected chi connectivity index (χ0v) is 15.4. The van der Waals surface area contributed by atoms with E-state index in [0.717, 1.165) is 22.4 Å². The molecule has 1 amide bonds. The number of aryl methyl sites for hydroxylation is 2. The molecule has 0 saturated carbocycles. The summed E-state index contributed by atoms with van der Waals surface area (Å²) in [5, 5.41) is 6.09. The molecule has 0 aliphatic carbocycles. The summed E-state index contributed by atoms with van der Waals surface area (Å²) in [5.41, 5.74) is 4.63. The maximum atomic E-state index is 12.6. The van der Waals surface area contributed by atoms with Crippen LogP contribution >= 0.6 is 0 Å². The summed E-state index contributed by atoms with van der Waals surface area (Å²) in [7, 11) is 0. The maximum Gasteiger partial charge on any atom is 0.257 e. The Balaban J connectivity index is 1.81. The Bertz CT molecular complexity index is 951. The predicted molar refractivity (Wildman–Crippen MR) is 109 cm³/mol. The summed E-state index contributed by atoms with van der Waals surface area (Å²) in [5.74, 6) is 0.205. The zero-order valence-electron chi connectivity index (χ0n) is 15.4. The van der Waals surface area contributed by atoms with Gasteiger partial charge in [-0.05, 0) is 61.4 Å². The molecular weight excluding hydrogens is 336 g/mol. The number of aliphatic imine (C=N–C) groups is 1. The number of carbonyl (C=O) groups excluding carboxylic acids is 1. The van der Waals surface area contributed by atoms with Crippen LogP contribution in [0.4, 0.5) is 5.69 Å². The van der Waals surface area contributed by atoms with E-state index in [0.29, 0.717) is 18.1 Å². The van der Waals surface area contributed by atoms with Crippen molar-refractivity contribution in [2.75, 3.05) is 5.32 Å². The molecule has 0 unspecified atom stereocenters. The van der Waals surface area contributed by atoms with Gasteiger partial charge in [-0.25, -0.2) is 4.99 Å². The molecule has 136 valence electrons. The van der Waals surface area contributed by atoms with Crippen LogP contribution in [-0.4, -0.2) is 16.9 Å². The Morgan fingerprint density at radius 2 is 1.67 bits per heavy atom. The fraction of sp³-hybridized carbons (Fsp3) is 0.136. The van der Waals surface area contributed by atoms with Gasteiger partial charge in [0.15, 0.2) is 0 Å². The number of rotatable bonds is 4. The Kier molecular flexibility index (Phi) is 5.94. The van der Waals surface area contributed by atoms with Crippen LogP contribution in [0.1, 0.15) is 27.0 Å². The van der Waals surface area contributed by atoms with Crippen molar-refractivity contribution in [3.05, 3.63) is 95.3 Å². The molecule has 0 radical (unpaired) electrons. The van der Waals surface area contributed by atoms with Gasteiger partial charge in [0.05, 0.1) is 6.54 Å². The first-order chi connectivity index (χ1) is 13.1. The molecule has 1 heterocycles. The van der Waals surface area contributed by atoms with Crippen molar-refractivity contribution >= 4 is 17.6 Å². The van der Waals surface area contributed by atoms with Crippen LogP contribution in [0.3, 0.4) is 0 Å². The average Bonchev–Trinajstić information content (AvgIpc) is 2.67. The largest absolute Gasteiger partial charge is 0.326 e. The van der Waals surface area contributed by atoms with Crippen molar-refractivity contribution in [3.63, 3.8) is 0 Å². The van der Waals surface area contributed by atoms with Crippen LogP contribution in [0, 0.1) is 13.8 Å². The molecule has 1 aromatic heterocycles. The number of guanidine groups is 1. The van der Waals surface area contributed by atoms with Crippen LogP contribution in [0.5, 0.6) is 0 Å². The van der Waals surface area contributed by atoms with E-state index in [1.807, 2.05) is 68.4 Å². The highest BCUT2D eigenvalue weighted by Gasteiger charge is 2.10. The third kappa shape index (κ3) is 5.51. The number of carbonyl (C=O) groups is 1. The standard InChI is InChI=1S/C22H22N4O/c1-16-5-3-7-19(13-16)21(27)26-22(24-15-18-9-11-23-12-10-18)25-20-8-4-6-17(2)14-20/h3-14H,15H2,1-2H3,(H2,24,25,26,27). The van der Waals surface area contributed by atoms with Crippen molar-refractivity contribution in [2.45, 2.75) is 20.4 Å². The zero-order chi connectivity index (χ0) is 19.1. The van der Waals surface area contributed by atoms with Gasteiger partial charge in [-0.3, -0.25) is 15.1 Å². The van der Waals surface area contributed by atoms with E-state index in [9.17, 15) is 4.79 Å².